The van der Waals surface area contributed by atoms with Crippen molar-refractivity contribution in [2.24, 2.45) is 5.73 Å². The Labute approximate surface area is 214 Å². The number of carbonyl (C=O) groups excluding carboxylic acids is 2. The van der Waals surface area contributed by atoms with Gasteiger partial charge in [0.25, 0.3) is 11.8 Å². The Morgan fingerprint density at radius 2 is 1.70 bits per heavy atom. The van der Waals surface area contributed by atoms with E-state index in [9.17, 15) is 9.59 Å². The van der Waals surface area contributed by atoms with Crippen LogP contribution in [0.4, 0.5) is 11.4 Å². The number of amides is 2. The fraction of sp³-hybridized carbons (Fsp3) is 0.172. The maximum atomic E-state index is 13.5. The molecule has 3 aromatic carbocycles. The quantitative estimate of drug-likeness (QED) is 0.409. The molecule has 0 bridgehead atoms. The molecule has 184 valence electrons. The van der Waals surface area contributed by atoms with Crippen LogP contribution in [-0.4, -0.2) is 34.7 Å². The van der Waals surface area contributed by atoms with Crippen molar-refractivity contribution >= 4 is 23.2 Å². The van der Waals surface area contributed by atoms with Gasteiger partial charge in [0.15, 0.2) is 0 Å². The zero-order chi connectivity index (χ0) is 25.8. The normalized spacial score (nSPS) is 12.6. The third-order valence-corrected chi connectivity index (χ3v) is 6.43. The number of fused-ring (bicyclic) bond motifs is 1. The molecule has 0 saturated carbocycles. The van der Waals surface area contributed by atoms with Crippen molar-refractivity contribution in [3.63, 3.8) is 0 Å². The number of nitrogens with zero attached hydrogens (tertiary/aromatic N) is 4. The highest BCUT2D eigenvalue weighted by Crippen LogP contribution is 2.25. The van der Waals surface area contributed by atoms with Crippen LogP contribution < -0.4 is 16.0 Å². The molecule has 2 amide bonds. The number of nitrogens with two attached hydrogens (primary N) is 1. The van der Waals surface area contributed by atoms with E-state index in [-0.39, 0.29) is 17.2 Å². The highest BCUT2D eigenvalue weighted by atomic mass is 16.2. The summed E-state index contributed by atoms with van der Waals surface area (Å²) in [5.74, 6) is -0.720. The number of nitrogens with one attached hydrogen (secondary N) is 1. The van der Waals surface area contributed by atoms with E-state index in [1.54, 1.807) is 33.8 Å². The lowest BCUT2D eigenvalue weighted by Crippen LogP contribution is -2.41. The molecule has 0 spiro atoms. The summed E-state index contributed by atoms with van der Waals surface area (Å²) in [6, 6.07) is 25.1. The van der Waals surface area contributed by atoms with E-state index in [1.807, 2.05) is 30.3 Å². The molecule has 5 rings (SSSR count). The highest BCUT2D eigenvalue weighted by Gasteiger charge is 2.32. The first kappa shape index (κ1) is 24.0. The SMILES string of the molecule is N#Cc1cccc(NC(=O)c2cnn3c2C(=O)N(c2ccc(Cc4ccc(CCN)cc4)cc2)CC3)c1. The second kappa shape index (κ2) is 10.5. The van der Waals surface area contributed by atoms with E-state index >= 15 is 0 Å². The number of aromatic nitrogens is 2. The van der Waals surface area contributed by atoms with E-state index in [4.69, 9.17) is 11.0 Å². The molecule has 1 aliphatic heterocycles. The molecular weight excluding hydrogens is 464 g/mol. The molecule has 0 fully saturated rings. The zero-order valence-corrected chi connectivity index (χ0v) is 20.2. The van der Waals surface area contributed by atoms with Gasteiger partial charge in [0.1, 0.15) is 5.69 Å². The topological polar surface area (TPSA) is 117 Å². The Bertz CT molecular complexity index is 1480. The van der Waals surface area contributed by atoms with Crippen LogP contribution >= 0.6 is 0 Å². The molecule has 1 aromatic heterocycles. The predicted octanol–water partition coefficient (Wildman–Crippen LogP) is 3.76. The molecule has 8 nitrogen and oxygen atoms in total. The molecule has 3 N–H and O–H groups in total. The van der Waals surface area contributed by atoms with Crippen molar-refractivity contribution in [3.8, 4) is 6.07 Å². The van der Waals surface area contributed by atoms with Gasteiger partial charge >= 0.3 is 0 Å². The van der Waals surface area contributed by atoms with Crippen molar-refractivity contribution in [2.75, 3.05) is 23.3 Å². The van der Waals surface area contributed by atoms with Crippen LogP contribution in [0.3, 0.4) is 0 Å². The summed E-state index contributed by atoms with van der Waals surface area (Å²) in [7, 11) is 0. The Kier molecular flexibility index (Phi) is 6.79. The van der Waals surface area contributed by atoms with E-state index < -0.39 is 5.91 Å². The Morgan fingerprint density at radius 3 is 2.41 bits per heavy atom. The van der Waals surface area contributed by atoms with Crippen LogP contribution in [-0.2, 0) is 19.4 Å². The van der Waals surface area contributed by atoms with Gasteiger partial charge in [0, 0.05) is 17.9 Å². The standard InChI is InChI=1S/C29H26N6O2/c30-13-12-20-4-6-21(7-5-20)16-22-8-10-25(11-9-22)34-14-15-35-27(29(34)37)26(19-32-35)28(36)33-24-3-1-2-23(17-24)18-31/h1-11,17,19H,12-16,30H2,(H,33,36). The summed E-state index contributed by atoms with van der Waals surface area (Å²) >= 11 is 0. The molecule has 0 unspecified atom stereocenters. The Hall–Kier alpha value is -4.74. The van der Waals surface area contributed by atoms with E-state index in [0.29, 0.717) is 30.9 Å². The van der Waals surface area contributed by atoms with Gasteiger partial charge in [0.2, 0.25) is 0 Å². The fourth-order valence-corrected chi connectivity index (χ4v) is 4.50. The lowest BCUT2D eigenvalue weighted by molar-refractivity contribution is 0.0947. The molecular formula is C29H26N6O2. The summed E-state index contributed by atoms with van der Waals surface area (Å²) in [5, 5.41) is 16.1. The van der Waals surface area contributed by atoms with Gasteiger partial charge in [-0.1, -0.05) is 42.5 Å². The van der Waals surface area contributed by atoms with Crippen LogP contribution in [0, 0.1) is 11.3 Å². The van der Waals surface area contributed by atoms with Gasteiger partial charge in [-0.25, -0.2) is 0 Å². The maximum Gasteiger partial charge on any atom is 0.277 e. The Balaban J connectivity index is 1.30. The molecule has 0 radical (unpaired) electrons. The minimum absolute atomic E-state index is 0.201. The van der Waals surface area contributed by atoms with Crippen LogP contribution in [0.25, 0.3) is 0 Å². The van der Waals surface area contributed by atoms with Gasteiger partial charge in [-0.15, -0.1) is 0 Å². The molecule has 0 aliphatic carbocycles. The second-order valence-electron chi connectivity index (χ2n) is 8.93. The number of carbonyl (C=O) groups is 2. The van der Waals surface area contributed by atoms with Crippen molar-refractivity contribution in [2.45, 2.75) is 19.4 Å². The van der Waals surface area contributed by atoms with E-state index in [0.717, 1.165) is 24.1 Å². The number of anilines is 2. The average molecular weight is 491 g/mol. The van der Waals surface area contributed by atoms with Crippen molar-refractivity contribution in [1.82, 2.24) is 9.78 Å². The van der Waals surface area contributed by atoms with Gasteiger partial charge in [-0.3, -0.25) is 14.3 Å². The average Bonchev–Trinajstić information content (AvgIpc) is 3.36. The fourth-order valence-electron chi connectivity index (χ4n) is 4.50. The molecule has 37 heavy (non-hydrogen) atoms. The summed E-state index contributed by atoms with van der Waals surface area (Å²) in [4.78, 5) is 28.1. The predicted molar refractivity (Wildman–Crippen MR) is 141 cm³/mol. The van der Waals surface area contributed by atoms with Crippen LogP contribution in [0.1, 0.15) is 43.1 Å². The monoisotopic (exact) mass is 490 g/mol. The first-order chi connectivity index (χ1) is 18.1. The zero-order valence-electron chi connectivity index (χ0n) is 20.2. The smallest absolute Gasteiger partial charge is 0.277 e. The number of rotatable bonds is 7. The van der Waals surface area contributed by atoms with Gasteiger partial charge in [-0.2, -0.15) is 10.4 Å². The first-order valence-electron chi connectivity index (χ1n) is 12.1. The molecule has 2 heterocycles. The first-order valence-corrected chi connectivity index (χ1v) is 12.1. The minimum Gasteiger partial charge on any atom is -0.330 e. The number of benzene rings is 3. The second-order valence-corrected chi connectivity index (χ2v) is 8.93. The van der Waals surface area contributed by atoms with Gasteiger partial charge in [0.05, 0.1) is 29.9 Å². The molecule has 8 heteroatoms. The Morgan fingerprint density at radius 1 is 1.00 bits per heavy atom. The molecule has 0 saturated heterocycles. The lowest BCUT2D eigenvalue weighted by atomic mass is 10.0. The molecule has 1 aliphatic rings. The minimum atomic E-state index is -0.445. The number of nitriles is 1. The number of hydrogen-bond acceptors (Lipinski definition) is 5. The summed E-state index contributed by atoms with van der Waals surface area (Å²) in [6.07, 6.45) is 3.08. The van der Waals surface area contributed by atoms with Crippen molar-refractivity contribution in [3.05, 3.63) is 113 Å². The third kappa shape index (κ3) is 5.13. The summed E-state index contributed by atoms with van der Waals surface area (Å²) in [5.41, 5.74) is 11.4. The van der Waals surface area contributed by atoms with Gasteiger partial charge in [-0.05, 0) is 66.4 Å². The molecule has 4 aromatic rings. The van der Waals surface area contributed by atoms with Crippen molar-refractivity contribution in [1.29, 1.82) is 5.26 Å². The maximum absolute atomic E-state index is 13.5. The number of hydrogen-bond donors (Lipinski definition) is 2. The van der Waals surface area contributed by atoms with E-state index in [1.165, 1.54) is 17.3 Å². The summed E-state index contributed by atoms with van der Waals surface area (Å²) in [6.45, 7) is 1.58. The van der Waals surface area contributed by atoms with E-state index in [2.05, 4.69) is 34.7 Å². The van der Waals surface area contributed by atoms with Gasteiger partial charge < -0.3 is 16.0 Å². The van der Waals surface area contributed by atoms with Crippen molar-refractivity contribution < 1.29 is 9.59 Å². The summed E-state index contributed by atoms with van der Waals surface area (Å²) < 4.78 is 1.57. The third-order valence-electron chi connectivity index (χ3n) is 6.43. The van der Waals surface area contributed by atoms with Crippen LogP contribution in [0.2, 0.25) is 0 Å². The van der Waals surface area contributed by atoms with Crippen LogP contribution in [0.15, 0.2) is 79.0 Å². The van der Waals surface area contributed by atoms with Crippen LogP contribution in [0.5, 0.6) is 0 Å². The lowest BCUT2D eigenvalue weighted by Gasteiger charge is -2.28. The largest absolute Gasteiger partial charge is 0.330 e. The molecule has 0 atom stereocenters. The highest BCUT2D eigenvalue weighted by molar-refractivity contribution is 6.15.